The minimum Gasteiger partial charge on any atom is -0.431 e. The Morgan fingerprint density at radius 1 is 0.889 bits per heavy atom. The highest BCUT2D eigenvalue weighted by molar-refractivity contribution is 5.60. The van der Waals surface area contributed by atoms with E-state index < -0.39 is 43.6 Å². The Hall–Kier alpha value is -1.15. The smallest absolute Gasteiger partial charge is 0.431 e. The van der Waals surface area contributed by atoms with Crippen LogP contribution in [0.15, 0.2) is 0 Å². The van der Waals surface area contributed by atoms with Crippen LogP contribution in [0.2, 0.25) is 0 Å². The monoisotopic (exact) mass is 282 g/mol. The van der Waals surface area contributed by atoms with Crippen LogP contribution in [0.3, 0.4) is 0 Å². The van der Waals surface area contributed by atoms with E-state index >= 15 is 0 Å². The van der Waals surface area contributed by atoms with Gasteiger partial charge in [0.05, 0.1) is 12.8 Å². The van der Waals surface area contributed by atoms with Gasteiger partial charge in [-0.05, 0) is 13.8 Å². The molecule has 0 aromatic carbocycles. The maximum Gasteiger partial charge on any atom is 0.508 e. The van der Waals surface area contributed by atoms with Gasteiger partial charge in [-0.15, -0.1) is 0 Å². The summed E-state index contributed by atoms with van der Waals surface area (Å²) < 4.78 is 79.5. The van der Waals surface area contributed by atoms with Gasteiger partial charge in [-0.2, -0.15) is 26.3 Å². The van der Waals surface area contributed by atoms with Crippen molar-refractivity contribution in [2.75, 3.05) is 0 Å². The zero-order chi connectivity index (χ0) is 14.6. The lowest BCUT2D eigenvalue weighted by molar-refractivity contribution is -0.161. The number of hydrogen-bond acceptors (Lipinski definition) is 3. The third-order valence-corrected chi connectivity index (χ3v) is 1.63. The van der Waals surface area contributed by atoms with Crippen LogP contribution < -0.4 is 0 Å². The molecule has 0 saturated carbocycles. The Kier molecular flexibility index (Phi) is 5.75. The molecule has 0 rings (SSSR count). The van der Waals surface area contributed by atoms with Gasteiger partial charge in [0, 0.05) is 0 Å². The van der Waals surface area contributed by atoms with Crippen molar-refractivity contribution in [2.24, 2.45) is 0 Å². The molecule has 0 amide bonds. The molecule has 0 aliphatic heterocycles. The molecule has 0 bridgehead atoms. The first-order valence-electron chi connectivity index (χ1n) is 4.90. The van der Waals surface area contributed by atoms with Gasteiger partial charge in [0.1, 0.15) is 12.2 Å². The van der Waals surface area contributed by atoms with Crippen LogP contribution in [-0.4, -0.2) is 30.7 Å². The zero-order valence-corrected chi connectivity index (χ0v) is 9.56. The third kappa shape index (κ3) is 10.0. The maximum absolute atomic E-state index is 11.9. The van der Waals surface area contributed by atoms with Gasteiger partial charge in [0.25, 0.3) is 0 Å². The number of ether oxygens (including phenoxy) is 2. The molecule has 0 N–H and O–H groups in total. The van der Waals surface area contributed by atoms with Gasteiger partial charge in [0.15, 0.2) is 0 Å². The van der Waals surface area contributed by atoms with E-state index in [9.17, 15) is 31.1 Å². The molecule has 18 heavy (non-hydrogen) atoms. The molecule has 0 saturated heterocycles. The summed E-state index contributed by atoms with van der Waals surface area (Å²) in [5.74, 6) is 0. The number of alkyl halides is 6. The van der Waals surface area contributed by atoms with Crippen molar-refractivity contribution >= 4 is 6.16 Å². The molecular weight excluding hydrogens is 270 g/mol. The molecule has 108 valence electrons. The lowest BCUT2D eigenvalue weighted by Gasteiger charge is -2.18. The quantitative estimate of drug-likeness (QED) is 0.581. The highest BCUT2D eigenvalue weighted by Crippen LogP contribution is 2.24. The first kappa shape index (κ1) is 16.9. The summed E-state index contributed by atoms with van der Waals surface area (Å²) in [5, 5.41) is 0. The predicted octanol–water partition coefficient (Wildman–Crippen LogP) is 3.82. The topological polar surface area (TPSA) is 35.5 Å². The first-order valence-corrected chi connectivity index (χ1v) is 4.90. The number of rotatable bonds is 4. The molecule has 0 aromatic rings. The van der Waals surface area contributed by atoms with Crippen LogP contribution in [0.5, 0.6) is 0 Å². The molecule has 2 atom stereocenters. The first-order chi connectivity index (χ1) is 7.89. The molecule has 0 fully saturated rings. The molecule has 9 heteroatoms. The van der Waals surface area contributed by atoms with Crippen molar-refractivity contribution in [1.82, 2.24) is 0 Å². The van der Waals surface area contributed by atoms with Crippen molar-refractivity contribution in [3.8, 4) is 0 Å². The largest absolute Gasteiger partial charge is 0.508 e. The van der Waals surface area contributed by atoms with Crippen molar-refractivity contribution in [3.63, 3.8) is 0 Å². The number of hydrogen-bond donors (Lipinski definition) is 0. The van der Waals surface area contributed by atoms with Gasteiger partial charge in [-0.3, -0.25) is 0 Å². The Balaban J connectivity index is 4.04. The molecular formula is C9H12F6O3. The average Bonchev–Trinajstić information content (AvgIpc) is 1.92. The molecule has 3 nitrogen and oxygen atoms in total. The summed E-state index contributed by atoms with van der Waals surface area (Å²) in [5.41, 5.74) is 0. The number of carbonyl (C=O) groups excluding carboxylic acids is 1. The van der Waals surface area contributed by atoms with E-state index in [0.29, 0.717) is 0 Å². The van der Waals surface area contributed by atoms with E-state index in [4.69, 9.17) is 0 Å². The third-order valence-electron chi connectivity index (χ3n) is 1.63. The average molecular weight is 282 g/mol. The zero-order valence-electron chi connectivity index (χ0n) is 9.56. The molecule has 0 aliphatic rings. The highest BCUT2D eigenvalue weighted by atomic mass is 19.4. The summed E-state index contributed by atoms with van der Waals surface area (Å²) >= 11 is 0. The predicted molar refractivity (Wildman–Crippen MR) is 47.8 cm³/mol. The SMILES string of the molecule is CC(CC(F)(F)F)OC(=O)OC(C)CC(F)(F)F. The van der Waals surface area contributed by atoms with Crippen LogP contribution in [0.4, 0.5) is 31.1 Å². The van der Waals surface area contributed by atoms with Crippen molar-refractivity contribution in [2.45, 2.75) is 51.2 Å². The fourth-order valence-electron chi connectivity index (χ4n) is 1.09. The second kappa shape index (κ2) is 6.14. The normalized spacial score (nSPS) is 16.0. The second-order valence-corrected chi connectivity index (χ2v) is 3.75. The maximum atomic E-state index is 11.9. The van der Waals surface area contributed by atoms with Crippen LogP contribution in [0.1, 0.15) is 26.7 Å². The molecule has 2 unspecified atom stereocenters. The van der Waals surface area contributed by atoms with E-state index in [1.54, 1.807) is 0 Å². The molecule has 0 aliphatic carbocycles. The summed E-state index contributed by atoms with van der Waals surface area (Å²) in [6, 6.07) is 0. The second-order valence-electron chi connectivity index (χ2n) is 3.75. The molecule has 0 heterocycles. The number of halogens is 6. The van der Waals surface area contributed by atoms with Crippen LogP contribution in [0.25, 0.3) is 0 Å². The van der Waals surface area contributed by atoms with Crippen molar-refractivity contribution in [3.05, 3.63) is 0 Å². The highest BCUT2D eigenvalue weighted by Gasteiger charge is 2.34. The Labute approximate surface area is 99.0 Å². The molecule has 0 aromatic heterocycles. The van der Waals surface area contributed by atoms with Crippen molar-refractivity contribution in [1.29, 1.82) is 0 Å². The minimum atomic E-state index is -4.53. The van der Waals surface area contributed by atoms with Crippen LogP contribution >= 0.6 is 0 Å². The fraction of sp³-hybridized carbons (Fsp3) is 0.889. The van der Waals surface area contributed by atoms with Crippen LogP contribution in [0, 0.1) is 0 Å². The van der Waals surface area contributed by atoms with Gasteiger partial charge in [0.2, 0.25) is 0 Å². The summed E-state index contributed by atoms with van der Waals surface area (Å²) in [6.07, 6.45) is -16.4. The van der Waals surface area contributed by atoms with E-state index in [1.165, 1.54) is 0 Å². The van der Waals surface area contributed by atoms with Crippen LogP contribution in [-0.2, 0) is 9.47 Å². The molecule has 0 radical (unpaired) electrons. The van der Waals surface area contributed by atoms with Gasteiger partial charge >= 0.3 is 18.5 Å². The Morgan fingerprint density at radius 2 is 1.17 bits per heavy atom. The Morgan fingerprint density at radius 3 is 1.39 bits per heavy atom. The fourth-order valence-corrected chi connectivity index (χ4v) is 1.09. The van der Waals surface area contributed by atoms with E-state index in [-0.39, 0.29) is 0 Å². The van der Waals surface area contributed by atoms with Crippen molar-refractivity contribution < 1.29 is 40.6 Å². The lowest BCUT2D eigenvalue weighted by atomic mass is 10.3. The lowest BCUT2D eigenvalue weighted by Crippen LogP contribution is -2.27. The summed E-state index contributed by atoms with van der Waals surface area (Å²) in [4.78, 5) is 10.9. The van der Waals surface area contributed by atoms with Gasteiger partial charge < -0.3 is 9.47 Å². The summed E-state index contributed by atoms with van der Waals surface area (Å²) in [7, 11) is 0. The van der Waals surface area contributed by atoms with E-state index in [0.717, 1.165) is 13.8 Å². The Bertz CT molecular complexity index is 246. The van der Waals surface area contributed by atoms with Gasteiger partial charge in [-0.25, -0.2) is 4.79 Å². The molecule has 0 spiro atoms. The number of carbonyl (C=O) groups is 1. The standard InChI is InChI=1S/C9H12F6O3/c1-5(3-8(10,11)12)17-7(16)18-6(2)4-9(13,14)15/h5-6H,3-4H2,1-2H3. The minimum absolute atomic E-state index is 0.961. The van der Waals surface area contributed by atoms with E-state index in [2.05, 4.69) is 9.47 Å². The van der Waals surface area contributed by atoms with Gasteiger partial charge in [-0.1, -0.05) is 0 Å². The van der Waals surface area contributed by atoms with E-state index in [1.807, 2.05) is 0 Å². The summed E-state index contributed by atoms with van der Waals surface area (Å²) in [6.45, 7) is 1.92.